The van der Waals surface area contributed by atoms with Gasteiger partial charge in [0.25, 0.3) is 20.4 Å². The van der Waals surface area contributed by atoms with E-state index in [4.69, 9.17) is 14.4 Å². The average molecular weight is 198 g/mol. The van der Waals surface area contributed by atoms with Crippen LogP contribution in [-0.2, 0) is 30.1 Å². The van der Waals surface area contributed by atoms with E-state index in [1.54, 1.807) is 5.01 Å². The first kappa shape index (κ1) is 22.5. The molecule has 0 spiro atoms. The fraction of sp³-hybridized carbons (Fsp3) is 0.286. The summed E-state index contributed by atoms with van der Waals surface area (Å²) >= 11 is 3.86. The predicted octanol–water partition coefficient (Wildman–Crippen LogP) is 0.266. The molecule has 0 aliphatic rings. The number of carbonyl (C=O) groups excluding carboxylic acids is 3. The first-order valence-corrected chi connectivity index (χ1v) is 2.85. The summed E-state index contributed by atoms with van der Waals surface area (Å²) in [5.74, 6) is 0. The summed E-state index contributed by atoms with van der Waals surface area (Å²) < 4.78 is 0. The Labute approximate surface area is 75.5 Å². The second-order valence-electron chi connectivity index (χ2n) is 0.755. The van der Waals surface area contributed by atoms with E-state index in [1.807, 2.05) is 6.08 Å². The summed E-state index contributed by atoms with van der Waals surface area (Å²) in [4.78, 5) is 22.5. The van der Waals surface area contributed by atoms with Crippen molar-refractivity contribution in [3.8, 4) is 0 Å². The normalized spacial score (nSPS) is 5.73. The minimum absolute atomic E-state index is 1.09. The Hall–Kier alpha value is -0.744. The fourth-order valence-electron chi connectivity index (χ4n) is 0.0786. The van der Waals surface area contributed by atoms with Crippen LogP contribution in [0, 0.1) is 0 Å². The van der Waals surface area contributed by atoms with Gasteiger partial charge in [0.15, 0.2) is 0 Å². The topological polar surface area (TPSA) is 51.2 Å². The van der Waals surface area contributed by atoms with Crippen LogP contribution in [0.25, 0.3) is 0 Å². The van der Waals surface area contributed by atoms with Gasteiger partial charge in [-0.25, -0.2) is 0 Å². The number of allylic oxidation sites excluding steroid dienone is 1. The molecule has 62 valence electrons. The van der Waals surface area contributed by atoms with Gasteiger partial charge in [0.2, 0.25) is 0 Å². The van der Waals surface area contributed by atoms with Crippen LogP contribution in [0.4, 0.5) is 0 Å². The van der Waals surface area contributed by atoms with Crippen LogP contribution in [-0.4, -0.2) is 20.4 Å². The fourth-order valence-corrected chi connectivity index (χ4v) is 0.324. The van der Waals surface area contributed by atoms with Crippen LogP contribution < -0.4 is 0 Å². The second kappa shape index (κ2) is 124. The van der Waals surface area contributed by atoms with Crippen LogP contribution in [0.2, 0.25) is 0 Å². The summed E-state index contributed by atoms with van der Waals surface area (Å²) in [5, 5.41) is 1.74. The molecule has 0 saturated heterocycles. The standard InChI is InChI=1S/C4H7.3CO.Co/c1-3-4-2;3*1-2;/h1,3H,4H2,2H3;;;;. The molecular weight excluding hydrogens is 191 g/mol. The first-order chi connectivity index (χ1) is 5.41. The van der Waals surface area contributed by atoms with E-state index in [0.29, 0.717) is 0 Å². The van der Waals surface area contributed by atoms with Gasteiger partial charge in [-0.05, 0) is 0 Å². The minimum atomic E-state index is 1.09. The van der Waals surface area contributed by atoms with Gasteiger partial charge in [-0.2, -0.15) is 0 Å². The molecule has 0 N–H and O–H groups in total. The zero-order valence-corrected chi connectivity index (χ0v) is 6.96. The Morgan fingerprint density at radius 3 is 1.36 bits per heavy atom. The molecule has 0 fully saturated rings. The molecule has 0 rings (SSSR count). The molecule has 0 aromatic heterocycles. The molecule has 0 aromatic carbocycles. The van der Waals surface area contributed by atoms with E-state index in [-0.39, 0.29) is 0 Å². The third-order valence-corrected chi connectivity index (χ3v) is 0.560. The van der Waals surface area contributed by atoms with Crippen LogP contribution in [0.5, 0.6) is 0 Å². The maximum absolute atomic E-state index is 7.50. The Bertz CT molecular complexity index is 62.0. The van der Waals surface area contributed by atoms with Crippen LogP contribution in [0.15, 0.2) is 11.1 Å². The molecular formula is C7H7CoO3. The van der Waals surface area contributed by atoms with Crippen molar-refractivity contribution in [2.75, 3.05) is 0 Å². The van der Waals surface area contributed by atoms with Gasteiger partial charge in [-0.15, -0.1) is 0 Å². The number of rotatable bonds is 1. The van der Waals surface area contributed by atoms with E-state index in [2.05, 4.69) is 43.0 Å². The maximum atomic E-state index is 7.50. The van der Waals surface area contributed by atoms with E-state index in [0.717, 1.165) is 6.42 Å². The summed E-state index contributed by atoms with van der Waals surface area (Å²) in [6, 6.07) is 0. The Morgan fingerprint density at radius 1 is 1.09 bits per heavy atom. The van der Waals surface area contributed by atoms with E-state index >= 15 is 0 Å². The van der Waals surface area contributed by atoms with Gasteiger partial charge < -0.3 is 0 Å². The summed E-state index contributed by atoms with van der Waals surface area (Å²) in [7, 11) is 0. The molecule has 11 heavy (non-hydrogen) atoms. The average Bonchev–Trinajstić information content (AvgIpc) is 2.16. The molecule has 0 heterocycles. The molecule has 0 unspecified atom stereocenters. The van der Waals surface area contributed by atoms with Crippen molar-refractivity contribution in [1.82, 2.24) is 0 Å². The summed E-state index contributed by atoms with van der Waals surface area (Å²) in [5.41, 5.74) is 0. The molecule has 0 aromatic rings. The van der Waals surface area contributed by atoms with Gasteiger partial charge in [0, 0.05) is 0 Å². The van der Waals surface area contributed by atoms with E-state index in [9.17, 15) is 0 Å². The molecule has 0 aliphatic carbocycles. The Morgan fingerprint density at radius 2 is 1.36 bits per heavy atom. The van der Waals surface area contributed by atoms with Gasteiger partial charge in [0.1, 0.15) is 0 Å². The molecule has 0 atom stereocenters. The van der Waals surface area contributed by atoms with Gasteiger partial charge in [-0.3, -0.25) is 14.4 Å². The third kappa shape index (κ3) is 309. The number of hydrogen-bond donors (Lipinski definition) is 0. The van der Waals surface area contributed by atoms with Crippen molar-refractivity contribution in [3.63, 3.8) is 0 Å². The molecule has 0 amide bonds. The Kier molecular flexibility index (Phi) is 253. The molecule has 0 bridgehead atoms. The van der Waals surface area contributed by atoms with E-state index < -0.39 is 0 Å². The van der Waals surface area contributed by atoms with Crippen molar-refractivity contribution in [3.05, 3.63) is 11.1 Å². The van der Waals surface area contributed by atoms with Gasteiger partial charge >= 0.3 is 40.2 Å². The largest absolute Gasteiger partial charge is 0.281 e. The van der Waals surface area contributed by atoms with E-state index in [1.165, 1.54) is 0 Å². The van der Waals surface area contributed by atoms with Crippen LogP contribution >= 0.6 is 0 Å². The molecule has 4 heteroatoms. The van der Waals surface area contributed by atoms with Crippen molar-refractivity contribution in [1.29, 1.82) is 0 Å². The van der Waals surface area contributed by atoms with Gasteiger partial charge in [0.05, 0.1) is 0 Å². The molecule has 3 nitrogen and oxygen atoms in total. The first-order valence-electron chi connectivity index (χ1n) is 2.25. The zero-order valence-electron chi connectivity index (χ0n) is 5.92. The van der Waals surface area contributed by atoms with Crippen LogP contribution in [0.3, 0.4) is 0 Å². The van der Waals surface area contributed by atoms with Crippen molar-refractivity contribution < 1.29 is 30.1 Å². The summed E-state index contributed by atoms with van der Waals surface area (Å²) in [6.45, 7) is 15.6. The quantitative estimate of drug-likeness (QED) is 0.607. The van der Waals surface area contributed by atoms with Gasteiger partial charge in [-0.1, -0.05) is 0 Å². The summed E-state index contributed by atoms with van der Waals surface area (Å²) in [6.07, 6.45) is 3.07. The molecule has 0 aliphatic heterocycles. The SMILES string of the molecule is CCC=[CH][Co].[C]=O.[C]=O.[C]=O. The monoisotopic (exact) mass is 198 g/mol. The smallest absolute Gasteiger partial charge is 0.281 e. The maximum Gasteiger partial charge on any atom is 0.281 e. The zero-order chi connectivity index (χ0) is 10.1. The van der Waals surface area contributed by atoms with Crippen molar-refractivity contribution >= 4 is 20.4 Å². The number of hydrogen-bond acceptors (Lipinski definition) is 3. The minimum Gasteiger partial charge on any atom is -0.281 e. The van der Waals surface area contributed by atoms with Crippen LogP contribution in [0.1, 0.15) is 13.3 Å². The second-order valence-corrected chi connectivity index (χ2v) is 1.10. The molecule has 6 radical (unpaired) electrons. The Balaban J connectivity index is -0.0000000350. The van der Waals surface area contributed by atoms with Crippen molar-refractivity contribution in [2.24, 2.45) is 0 Å². The predicted molar refractivity (Wildman–Crippen MR) is 36.5 cm³/mol. The molecule has 0 saturated carbocycles. The third-order valence-electron chi connectivity index (χ3n) is 0.314. The van der Waals surface area contributed by atoms with Crippen molar-refractivity contribution in [2.45, 2.75) is 13.3 Å².